The number of benzene rings is 1. The highest BCUT2D eigenvalue weighted by Crippen LogP contribution is 2.32. The molecule has 2 N–H and O–H groups in total. The second-order valence-electron chi connectivity index (χ2n) is 4.63. The van der Waals surface area contributed by atoms with Crippen molar-refractivity contribution >= 4 is 21.4 Å². The van der Waals surface area contributed by atoms with E-state index in [4.69, 9.17) is 5.26 Å². The van der Waals surface area contributed by atoms with Crippen molar-refractivity contribution in [1.29, 1.82) is 5.26 Å². The summed E-state index contributed by atoms with van der Waals surface area (Å²) in [5, 5.41) is 23.7. The maximum atomic E-state index is 13.9. The van der Waals surface area contributed by atoms with Crippen molar-refractivity contribution in [3.8, 4) is 11.8 Å². The molecule has 14 heteroatoms. The Morgan fingerprint density at radius 3 is 2.65 bits per heavy atom. The zero-order valence-electron chi connectivity index (χ0n) is 12.7. The zero-order valence-corrected chi connectivity index (χ0v) is 13.5. The van der Waals surface area contributed by atoms with Gasteiger partial charge in [0, 0.05) is 12.3 Å². The summed E-state index contributed by atoms with van der Waals surface area (Å²) >= 11 is 0. The Kier molecular flexibility index (Phi) is 5.12. The summed E-state index contributed by atoms with van der Waals surface area (Å²) in [7, 11) is -5.92. The van der Waals surface area contributed by atoms with Gasteiger partial charge >= 0.3 is 15.6 Å². The van der Waals surface area contributed by atoms with Crippen LogP contribution in [-0.4, -0.2) is 34.6 Å². The van der Waals surface area contributed by atoms with Gasteiger partial charge in [-0.25, -0.2) is 4.39 Å². The van der Waals surface area contributed by atoms with Crippen LogP contribution in [0.3, 0.4) is 0 Å². The lowest BCUT2D eigenvalue weighted by atomic mass is 10.2. The molecule has 0 amide bonds. The number of alkyl halides is 3. The number of nitrogens with one attached hydrogen (secondary N) is 2. The van der Waals surface area contributed by atoms with Crippen LogP contribution in [0.1, 0.15) is 11.4 Å². The van der Waals surface area contributed by atoms with E-state index < -0.39 is 32.9 Å². The largest absolute Gasteiger partial charge is 0.534 e. The van der Waals surface area contributed by atoms with Crippen LogP contribution in [0.2, 0.25) is 0 Å². The molecule has 1 heterocycles. The van der Waals surface area contributed by atoms with Crippen LogP contribution in [0.15, 0.2) is 18.3 Å². The first kappa shape index (κ1) is 19.1. The molecule has 1 aromatic heterocycles. The summed E-state index contributed by atoms with van der Waals surface area (Å²) in [6, 6.07) is 3.16. The van der Waals surface area contributed by atoms with Gasteiger partial charge in [-0.15, -0.1) is 10.2 Å². The molecule has 0 saturated carbocycles. The van der Waals surface area contributed by atoms with Crippen molar-refractivity contribution < 1.29 is 30.2 Å². The van der Waals surface area contributed by atoms with Gasteiger partial charge in [-0.3, -0.25) is 0 Å². The second kappa shape index (κ2) is 6.96. The minimum Gasteiger partial charge on any atom is -0.376 e. The number of aryl methyl sites for hydroxylation is 1. The fraction of sp³-hybridized carbons (Fsp3) is 0.167. The van der Waals surface area contributed by atoms with Gasteiger partial charge in [-0.05, 0) is 23.8 Å². The molecule has 0 unspecified atom stereocenters. The lowest BCUT2D eigenvalue weighted by Gasteiger charge is -2.13. The Hall–Kier alpha value is -3.21. The Balaban J connectivity index is 2.35. The lowest BCUT2D eigenvalue weighted by Crippen LogP contribution is -2.28. The van der Waals surface area contributed by atoms with Crippen LogP contribution in [-0.2, 0) is 10.1 Å². The first-order chi connectivity index (χ1) is 12.0. The Labute approximate surface area is 143 Å². The van der Waals surface area contributed by atoms with Crippen molar-refractivity contribution in [3.63, 3.8) is 0 Å². The zero-order chi connectivity index (χ0) is 19.5. The standard InChI is InChI=1S/C12H8F4N6O3S/c1-6-2-8(13)9(3-10(6)25-26(23,24)12(14,15)16)18-5-7(4-17)11-19-21-22-20-11/h2-3,5,18H,1H3,(H,19,20,21,22). The molecule has 0 saturated heterocycles. The number of hydrogen-bond donors (Lipinski definition) is 2. The number of aromatic nitrogens is 4. The Morgan fingerprint density at radius 1 is 1.42 bits per heavy atom. The number of halogens is 4. The van der Waals surface area contributed by atoms with Gasteiger partial charge < -0.3 is 9.50 Å². The molecular weight excluding hydrogens is 384 g/mol. The average molecular weight is 392 g/mol. The topological polar surface area (TPSA) is 134 Å². The molecule has 0 aliphatic rings. The van der Waals surface area contributed by atoms with Crippen LogP contribution in [0.4, 0.5) is 23.2 Å². The van der Waals surface area contributed by atoms with Gasteiger partial charge in [0.25, 0.3) is 0 Å². The summed E-state index contributed by atoms with van der Waals surface area (Å²) in [5.74, 6) is -1.79. The molecule has 0 spiro atoms. The van der Waals surface area contributed by atoms with Crippen molar-refractivity contribution in [2.24, 2.45) is 0 Å². The molecule has 138 valence electrons. The fourth-order valence-corrected chi connectivity index (χ4v) is 2.10. The van der Waals surface area contributed by atoms with Crippen molar-refractivity contribution in [2.75, 3.05) is 5.32 Å². The fourth-order valence-electron chi connectivity index (χ4n) is 1.59. The molecule has 9 nitrogen and oxygen atoms in total. The first-order valence-electron chi connectivity index (χ1n) is 6.46. The SMILES string of the molecule is Cc1cc(F)c(NC=C(C#N)c2nn[nH]n2)cc1OS(=O)(=O)C(F)(F)F. The molecule has 0 bridgehead atoms. The van der Waals surface area contributed by atoms with Crippen LogP contribution < -0.4 is 9.50 Å². The highest BCUT2D eigenvalue weighted by atomic mass is 32.2. The number of hydrogen-bond acceptors (Lipinski definition) is 8. The minimum atomic E-state index is -5.92. The quantitative estimate of drug-likeness (QED) is 0.341. The molecule has 0 radical (unpaired) electrons. The van der Waals surface area contributed by atoms with Crippen molar-refractivity contribution in [3.05, 3.63) is 35.5 Å². The number of nitrogens with zero attached hydrogens (tertiary/aromatic N) is 4. The highest BCUT2D eigenvalue weighted by Gasteiger charge is 2.48. The third-order valence-electron chi connectivity index (χ3n) is 2.83. The van der Waals surface area contributed by atoms with Crippen LogP contribution in [0, 0.1) is 24.1 Å². The van der Waals surface area contributed by atoms with E-state index >= 15 is 0 Å². The number of nitriles is 1. The summed E-state index contributed by atoms with van der Waals surface area (Å²) < 4.78 is 77.4. The number of rotatable bonds is 5. The van der Waals surface area contributed by atoms with E-state index in [0.717, 1.165) is 19.2 Å². The van der Waals surface area contributed by atoms with Gasteiger partial charge in [0.2, 0.25) is 5.82 Å². The molecule has 0 aliphatic heterocycles. The molecule has 0 aliphatic carbocycles. The predicted octanol–water partition coefficient (Wildman–Crippen LogP) is 1.85. The molecule has 2 aromatic rings. The van der Waals surface area contributed by atoms with E-state index in [9.17, 15) is 26.0 Å². The summed E-state index contributed by atoms with van der Waals surface area (Å²) in [6.45, 7) is 1.16. The summed E-state index contributed by atoms with van der Waals surface area (Å²) in [4.78, 5) is 0. The predicted molar refractivity (Wildman–Crippen MR) is 78.1 cm³/mol. The Bertz CT molecular complexity index is 980. The molecule has 1 aromatic carbocycles. The van der Waals surface area contributed by atoms with Crippen LogP contribution >= 0.6 is 0 Å². The number of aromatic amines is 1. The average Bonchev–Trinajstić information content (AvgIpc) is 3.05. The molecule has 0 fully saturated rings. The van der Waals surface area contributed by atoms with Gasteiger partial charge in [0.15, 0.2) is 0 Å². The van der Waals surface area contributed by atoms with E-state index in [0.29, 0.717) is 6.07 Å². The maximum Gasteiger partial charge on any atom is 0.534 e. The molecular formula is C12H8F4N6O3S. The van der Waals surface area contributed by atoms with Gasteiger partial charge in [-0.1, -0.05) is 0 Å². The van der Waals surface area contributed by atoms with Crippen LogP contribution in [0.5, 0.6) is 5.75 Å². The Morgan fingerprint density at radius 2 is 2.12 bits per heavy atom. The van der Waals surface area contributed by atoms with E-state index in [1.54, 1.807) is 6.07 Å². The smallest absolute Gasteiger partial charge is 0.376 e. The van der Waals surface area contributed by atoms with E-state index in [1.165, 1.54) is 0 Å². The number of anilines is 1. The van der Waals surface area contributed by atoms with Crippen LogP contribution in [0.25, 0.3) is 5.57 Å². The molecule has 0 atom stereocenters. The maximum absolute atomic E-state index is 13.9. The molecule has 26 heavy (non-hydrogen) atoms. The highest BCUT2D eigenvalue weighted by molar-refractivity contribution is 7.88. The second-order valence-corrected chi connectivity index (χ2v) is 6.17. The number of H-pyrrole nitrogens is 1. The van der Waals surface area contributed by atoms with Gasteiger partial charge in [0.1, 0.15) is 23.2 Å². The summed E-state index contributed by atoms with van der Waals surface area (Å²) in [5.41, 5.74) is -6.46. The monoisotopic (exact) mass is 392 g/mol. The normalized spacial score (nSPS) is 12.5. The van der Waals surface area contributed by atoms with Gasteiger partial charge in [-0.2, -0.15) is 32.1 Å². The first-order valence-corrected chi connectivity index (χ1v) is 7.87. The van der Waals surface area contributed by atoms with Crippen molar-refractivity contribution in [2.45, 2.75) is 12.4 Å². The van der Waals surface area contributed by atoms with E-state index in [-0.39, 0.29) is 17.0 Å². The number of tetrazole rings is 1. The third kappa shape index (κ3) is 4.06. The van der Waals surface area contributed by atoms with E-state index in [2.05, 4.69) is 30.1 Å². The summed E-state index contributed by atoms with van der Waals surface area (Å²) in [6.07, 6.45) is 0.959. The number of allylic oxidation sites excluding steroid dienone is 1. The lowest BCUT2D eigenvalue weighted by molar-refractivity contribution is -0.0500. The third-order valence-corrected chi connectivity index (χ3v) is 3.79. The van der Waals surface area contributed by atoms with Crippen molar-refractivity contribution in [1.82, 2.24) is 20.6 Å². The van der Waals surface area contributed by atoms with Gasteiger partial charge in [0.05, 0.1) is 5.69 Å². The van der Waals surface area contributed by atoms with E-state index in [1.807, 2.05) is 0 Å². The molecule has 2 rings (SSSR count). The minimum absolute atomic E-state index is 0.122.